The fraction of sp³-hybridized carbons (Fsp3) is 0.208. The van der Waals surface area contributed by atoms with Crippen molar-refractivity contribution in [2.45, 2.75) is 19.4 Å². The maximum absolute atomic E-state index is 13.2. The molecule has 35 heavy (non-hydrogen) atoms. The van der Waals surface area contributed by atoms with Gasteiger partial charge in [-0.3, -0.25) is 4.79 Å². The average molecular weight is 468 g/mol. The molecule has 2 N–H and O–H groups in total. The number of aliphatic hydroxyl groups excluding tert-OH is 1. The maximum atomic E-state index is 13.2. The average Bonchev–Trinajstić information content (AvgIpc) is 3.58. The maximum Gasteiger partial charge on any atom is 0.257 e. The van der Waals surface area contributed by atoms with Crippen molar-refractivity contribution in [2.75, 3.05) is 13.1 Å². The zero-order chi connectivity index (χ0) is 24.4. The number of aromatic hydroxyl groups is 1. The van der Waals surface area contributed by atoms with E-state index in [-0.39, 0.29) is 47.0 Å². The Morgan fingerprint density at radius 2 is 1.91 bits per heavy atom. The van der Waals surface area contributed by atoms with E-state index in [0.29, 0.717) is 29.4 Å². The molecule has 0 bridgehead atoms. The number of azo groups is 1. The summed E-state index contributed by atoms with van der Waals surface area (Å²) in [6, 6.07) is 8.40. The van der Waals surface area contributed by atoms with Crippen molar-refractivity contribution in [2.24, 2.45) is 10.2 Å². The smallest absolute Gasteiger partial charge is 0.257 e. The lowest BCUT2D eigenvalue weighted by atomic mass is 10.0. The Hall–Kier alpha value is -4.69. The van der Waals surface area contributed by atoms with Crippen LogP contribution in [0.5, 0.6) is 5.75 Å². The molecule has 174 valence electrons. The SMILES string of the molecule is [C-]#[N+]c1cnn(-c2ncccn2)c1N=Nc1c(O)c(C(=O)N2CCCC2)cc2cc(CO)ccc12. The van der Waals surface area contributed by atoms with Gasteiger partial charge in [-0.05, 0) is 42.0 Å². The molecule has 4 aromatic rings. The molecule has 0 aliphatic carbocycles. The van der Waals surface area contributed by atoms with Gasteiger partial charge in [0.2, 0.25) is 0 Å². The Morgan fingerprint density at radius 3 is 2.63 bits per heavy atom. The van der Waals surface area contributed by atoms with E-state index in [2.05, 4.69) is 30.1 Å². The van der Waals surface area contributed by atoms with Crippen LogP contribution in [0.3, 0.4) is 0 Å². The number of carbonyl (C=O) groups is 1. The van der Waals surface area contributed by atoms with Gasteiger partial charge < -0.3 is 15.1 Å². The van der Waals surface area contributed by atoms with Gasteiger partial charge in [-0.1, -0.05) is 12.1 Å². The number of hydrogen-bond acceptors (Lipinski definition) is 8. The number of aromatic nitrogens is 4. The van der Waals surface area contributed by atoms with Gasteiger partial charge in [-0.15, -0.1) is 10.2 Å². The third-order valence-electron chi connectivity index (χ3n) is 5.79. The standard InChI is InChI=1S/C24H20N8O3/c1-25-19-13-28-32(24-26-7-4-8-27-24)22(19)30-29-20-17-6-5-15(14-33)11-16(17)12-18(21(20)34)23(35)31-9-2-3-10-31/h4-8,11-13,33-34H,2-3,9-10,14H2. The van der Waals surface area contributed by atoms with E-state index < -0.39 is 0 Å². The van der Waals surface area contributed by atoms with Gasteiger partial charge in [-0.2, -0.15) is 9.78 Å². The first-order valence-corrected chi connectivity index (χ1v) is 10.9. The minimum absolute atomic E-state index is 0.0761. The molecule has 0 radical (unpaired) electrons. The molecule has 1 saturated heterocycles. The monoisotopic (exact) mass is 468 g/mol. The summed E-state index contributed by atoms with van der Waals surface area (Å²) in [5.41, 5.74) is 0.957. The minimum atomic E-state index is -0.304. The summed E-state index contributed by atoms with van der Waals surface area (Å²) in [6.45, 7) is 8.52. The van der Waals surface area contributed by atoms with Crippen LogP contribution in [-0.4, -0.2) is 53.9 Å². The summed E-state index contributed by atoms with van der Waals surface area (Å²) in [7, 11) is 0. The zero-order valence-electron chi connectivity index (χ0n) is 18.5. The van der Waals surface area contributed by atoms with Crippen molar-refractivity contribution in [3.63, 3.8) is 0 Å². The van der Waals surface area contributed by atoms with Crippen LogP contribution in [0.1, 0.15) is 28.8 Å². The van der Waals surface area contributed by atoms with Crippen molar-refractivity contribution >= 4 is 33.9 Å². The number of carbonyl (C=O) groups excluding carboxylic acids is 1. The number of nitrogens with zero attached hydrogens (tertiary/aromatic N) is 8. The highest BCUT2D eigenvalue weighted by molar-refractivity contribution is 6.07. The van der Waals surface area contributed by atoms with Crippen LogP contribution >= 0.6 is 0 Å². The van der Waals surface area contributed by atoms with Gasteiger partial charge in [-0.25, -0.2) is 14.8 Å². The molecule has 3 heterocycles. The molecule has 0 atom stereocenters. The number of fused-ring (bicyclic) bond motifs is 1. The lowest BCUT2D eigenvalue weighted by molar-refractivity contribution is 0.0790. The second kappa shape index (κ2) is 9.28. The third-order valence-corrected chi connectivity index (χ3v) is 5.79. The first-order chi connectivity index (χ1) is 17.1. The summed E-state index contributed by atoms with van der Waals surface area (Å²) in [4.78, 5) is 26.6. The number of benzene rings is 2. The molecule has 5 rings (SSSR count). The number of rotatable bonds is 5. The van der Waals surface area contributed by atoms with Crippen LogP contribution in [0.2, 0.25) is 0 Å². The molecule has 1 aliphatic heterocycles. The van der Waals surface area contributed by atoms with Crippen molar-refractivity contribution < 1.29 is 15.0 Å². The zero-order valence-corrected chi connectivity index (χ0v) is 18.5. The Balaban J connectivity index is 1.67. The molecule has 1 fully saturated rings. The molecule has 11 heteroatoms. The first kappa shape index (κ1) is 22.1. The van der Waals surface area contributed by atoms with E-state index in [1.54, 1.807) is 35.2 Å². The van der Waals surface area contributed by atoms with Crippen LogP contribution < -0.4 is 0 Å². The molecule has 2 aromatic heterocycles. The van der Waals surface area contributed by atoms with Gasteiger partial charge in [0.05, 0.1) is 24.9 Å². The number of phenolic OH excluding ortho intramolecular Hbond substituents is 1. The van der Waals surface area contributed by atoms with Crippen molar-refractivity contribution in [3.8, 4) is 11.7 Å². The minimum Gasteiger partial charge on any atom is -0.505 e. The Morgan fingerprint density at radius 1 is 1.14 bits per heavy atom. The highest BCUT2D eigenvalue weighted by Crippen LogP contribution is 2.41. The fourth-order valence-corrected chi connectivity index (χ4v) is 4.03. The predicted molar refractivity (Wildman–Crippen MR) is 126 cm³/mol. The van der Waals surface area contributed by atoms with Crippen LogP contribution in [0, 0.1) is 6.57 Å². The summed E-state index contributed by atoms with van der Waals surface area (Å²) >= 11 is 0. The van der Waals surface area contributed by atoms with Crippen LogP contribution in [0.15, 0.2) is 59.2 Å². The summed E-state index contributed by atoms with van der Waals surface area (Å²) in [5.74, 6) is -0.309. The van der Waals surface area contributed by atoms with Crippen LogP contribution in [0.25, 0.3) is 21.6 Å². The van der Waals surface area contributed by atoms with Crippen molar-refractivity contribution in [3.05, 3.63) is 71.5 Å². The van der Waals surface area contributed by atoms with E-state index in [1.165, 1.54) is 23.3 Å². The molecule has 1 amide bonds. The van der Waals surface area contributed by atoms with Gasteiger partial charge in [0.15, 0.2) is 11.6 Å². The Bertz CT molecular complexity index is 1480. The van der Waals surface area contributed by atoms with E-state index in [0.717, 1.165) is 12.8 Å². The molecule has 0 saturated carbocycles. The summed E-state index contributed by atoms with van der Waals surface area (Å²) in [5, 5.41) is 34.5. The number of likely N-dealkylation sites (tertiary alicyclic amines) is 1. The second-order valence-electron chi connectivity index (χ2n) is 7.96. The number of aliphatic hydroxyl groups is 1. The molecule has 1 aliphatic rings. The van der Waals surface area contributed by atoms with E-state index in [9.17, 15) is 15.0 Å². The quantitative estimate of drug-likeness (QED) is 0.333. The van der Waals surface area contributed by atoms with Crippen LogP contribution in [0.4, 0.5) is 17.2 Å². The lowest BCUT2D eigenvalue weighted by Crippen LogP contribution is -2.27. The highest BCUT2D eigenvalue weighted by atomic mass is 16.3. The van der Waals surface area contributed by atoms with Crippen LogP contribution in [-0.2, 0) is 6.61 Å². The Labute approximate surface area is 199 Å². The second-order valence-corrected chi connectivity index (χ2v) is 7.96. The van der Waals surface area contributed by atoms with Gasteiger partial charge in [0, 0.05) is 30.9 Å². The van der Waals surface area contributed by atoms with E-state index >= 15 is 0 Å². The number of amides is 1. The molecule has 0 unspecified atom stereocenters. The van der Waals surface area contributed by atoms with Crippen molar-refractivity contribution in [1.29, 1.82) is 0 Å². The molecular formula is C24H20N8O3. The number of hydrogen-bond donors (Lipinski definition) is 2. The fourth-order valence-electron chi connectivity index (χ4n) is 4.03. The summed E-state index contributed by atoms with van der Waals surface area (Å²) < 4.78 is 1.28. The summed E-state index contributed by atoms with van der Waals surface area (Å²) in [6.07, 6.45) is 6.22. The van der Waals surface area contributed by atoms with Gasteiger partial charge in [0.1, 0.15) is 5.69 Å². The topological polar surface area (TPSA) is 133 Å². The van der Waals surface area contributed by atoms with Gasteiger partial charge in [0.25, 0.3) is 17.5 Å². The van der Waals surface area contributed by atoms with Crippen molar-refractivity contribution in [1.82, 2.24) is 24.6 Å². The van der Waals surface area contributed by atoms with E-state index in [1.807, 2.05) is 0 Å². The molecule has 2 aromatic carbocycles. The highest BCUT2D eigenvalue weighted by Gasteiger charge is 2.25. The first-order valence-electron chi connectivity index (χ1n) is 10.9. The predicted octanol–water partition coefficient (Wildman–Crippen LogP) is 4.22. The number of phenols is 1. The largest absolute Gasteiger partial charge is 0.505 e. The van der Waals surface area contributed by atoms with E-state index in [4.69, 9.17) is 6.57 Å². The normalized spacial score (nSPS) is 13.5. The molecular weight excluding hydrogens is 448 g/mol. The Kier molecular flexibility index (Phi) is 5.87. The lowest BCUT2D eigenvalue weighted by Gasteiger charge is -2.17. The molecule has 11 nitrogen and oxygen atoms in total. The van der Waals surface area contributed by atoms with Gasteiger partial charge >= 0.3 is 0 Å². The molecule has 0 spiro atoms. The third kappa shape index (κ3) is 4.07.